The smallest absolute Gasteiger partial charge is 0.161 e. The van der Waals surface area contributed by atoms with Gasteiger partial charge in [0, 0.05) is 30.2 Å². The van der Waals surface area contributed by atoms with Crippen LogP contribution in [-0.2, 0) is 21.3 Å². The van der Waals surface area contributed by atoms with E-state index in [1.165, 1.54) is 11.3 Å². The molecule has 0 unspecified atom stereocenters. The van der Waals surface area contributed by atoms with Gasteiger partial charge in [0.05, 0.1) is 37.7 Å². The summed E-state index contributed by atoms with van der Waals surface area (Å²) in [5, 5.41) is 13.8. The summed E-state index contributed by atoms with van der Waals surface area (Å²) in [6.45, 7) is 4.80. The maximum absolute atomic E-state index is 10.3. The molecule has 2 atom stereocenters. The van der Waals surface area contributed by atoms with Crippen LogP contribution in [0.1, 0.15) is 30.5 Å². The van der Waals surface area contributed by atoms with Gasteiger partial charge >= 0.3 is 0 Å². The highest BCUT2D eigenvalue weighted by Gasteiger charge is 2.44. The molecule has 1 spiro atoms. The molecule has 2 saturated heterocycles. The number of hydrogen-bond acceptors (Lipinski definition) is 7. The van der Waals surface area contributed by atoms with Crippen LogP contribution in [0.2, 0.25) is 0 Å². The number of aliphatic hydroxyl groups excluding tert-OH is 1. The van der Waals surface area contributed by atoms with Crippen LogP contribution in [0.15, 0.2) is 30.3 Å². The zero-order valence-electron chi connectivity index (χ0n) is 18.2. The molecule has 3 heterocycles. The molecule has 1 aromatic carbocycles. The van der Waals surface area contributed by atoms with Crippen LogP contribution in [-0.4, -0.2) is 78.7 Å². The molecule has 166 valence electrons. The summed E-state index contributed by atoms with van der Waals surface area (Å²) in [5.74, 6) is 1.63. The predicted octanol–water partition coefficient (Wildman–Crippen LogP) is 2.24. The first-order valence-electron chi connectivity index (χ1n) is 11.4. The highest BCUT2D eigenvalue weighted by molar-refractivity contribution is 5.62. The maximum Gasteiger partial charge on any atom is 0.161 e. The molecule has 0 radical (unpaired) electrons. The number of fused-ring (bicyclic) bond motifs is 2. The molecule has 1 aromatic heterocycles. The molecule has 2 N–H and O–H groups in total. The van der Waals surface area contributed by atoms with Crippen molar-refractivity contribution < 1.29 is 14.6 Å². The van der Waals surface area contributed by atoms with Crippen molar-refractivity contribution >= 4 is 5.82 Å². The summed E-state index contributed by atoms with van der Waals surface area (Å²) >= 11 is 0. The first kappa shape index (κ1) is 20.8. The normalized spacial score (nSPS) is 25.1. The molecule has 5 rings (SSSR count). The number of likely N-dealkylation sites (tertiary alicyclic amines) is 1. The molecule has 7 heteroatoms. The van der Waals surface area contributed by atoms with Gasteiger partial charge in [-0.3, -0.25) is 0 Å². The lowest BCUT2D eigenvalue weighted by molar-refractivity contribution is 0.108. The van der Waals surface area contributed by atoms with Gasteiger partial charge in [0.1, 0.15) is 5.82 Å². The average Bonchev–Trinajstić information content (AvgIpc) is 3.38. The SMILES string of the molecule is COCCN1CCC2(CCc3c(N[C@H]4COC[C@H]4O)nc(-c4ccccc4)nc32)CC1. The van der Waals surface area contributed by atoms with E-state index in [0.29, 0.717) is 13.2 Å². The molecular formula is C24H32N4O3. The minimum atomic E-state index is -0.509. The van der Waals surface area contributed by atoms with Gasteiger partial charge in [0.25, 0.3) is 0 Å². The summed E-state index contributed by atoms with van der Waals surface area (Å²) in [6, 6.07) is 10.1. The maximum atomic E-state index is 10.3. The van der Waals surface area contributed by atoms with Crippen LogP contribution in [0.4, 0.5) is 5.82 Å². The number of hydrogen-bond donors (Lipinski definition) is 2. The van der Waals surface area contributed by atoms with E-state index in [2.05, 4.69) is 22.3 Å². The third-order valence-corrected chi connectivity index (χ3v) is 7.19. The molecule has 0 amide bonds. The van der Waals surface area contributed by atoms with Crippen molar-refractivity contribution in [2.24, 2.45) is 0 Å². The fourth-order valence-corrected chi connectivity index (χ4v) is 5.25. The Hall–Kier alpha value is -2.06. The average molecular weight is 425 g/mol. The highest BCUT2D eigenvalue weighted by Crippen LogP contribution is 2.47. The van der Waals surface area contributed by atoms with Crippen LogP contribution in [0.3, 0.4) is 0 Å². The number of benzene rings is 1. The molecule has 2 aromatic rings. The number of methoxy groups -OCH3 is 1. The molecule has 2 fully saturated rings. The number of piperidine rings is 1. The summed E-state index contributed by atoms with van der Waals surface area (Å²) in [5.41, 5.74) is 3.58. The first-order chi connectivity index (χ1) is 15.2. The Balaban J connectivity index is 1.48. The van der Waals surface area contributed by atoms with E-state index < -0.39 is 6.10 Å². The zero-order chi connectivity index (χ0) is 21.3. The monoisotopic (exact) mass is 424 g/mol. The second kappa shape index (κ2) is 8.82. The minimum absolute atomic E-state index is 0.118. The van der Waals surface area contributed by atoms with Gasteiger partial charge in [-0.25, -0.2) is 9.97 Å². The van der Waals surface area contributed by atoms with Gasteiger partial charge in [0.2, 0.25) is 0 Å². The fourth-order valence-electron chi connectivity index (χ4n) is 5.25. The molecule has 31 heavy (non-hydrogen) atoms. The number of nitrogens with one attached hydrogen (secondary N) is 1. The van der Waals surface area contributed by atoms with Crippen molar-refractivity contribution in [3.8, 4) is 11.4 Å². The first-order valence-corrected chi connectivity index (χ1v) is 11.4. The van der Waals surface area contributed by atoms with E-state index in [1.807, 2.05) is 18.2 Å². The molecule has 2 aliphatic heterocycles. The second-order valence-electron chi connectivity index (χ2n) is 9.06. The Morgan fingerprint density at radius 2 is 1.97 bits per heavy atom. The molecule has 7 nitrogen and oxygen atoms in total. The van der Waals surface area contributed by atoms with E-state index in [-0.39, 0.29) is 11.5 Å². The lowest BCUT2D eigenvalue weighted by atomic mass is 9.76. The Labute approximate surface area is 183 Å². The van der Waals surface area contributed by atoms with E-state index in [1.54, 1.807) is 7.11 Å². The highest BCUT2D eigenvalue weighted by atomic mass is 16.5. The second-order valence-corrected chi connectivity index (χ2v) is 9.06. The van der Waals surface area contributed by atoms with E-state index >= 15 is 0 Å². The molecular weight excluding hydrogens is 392 g/mol. The number of nitrogens with zero attached hydrogens (tertiary/aromatic N) is 3. The van der Waals surface area contributed by atoms with Crippen molar-refractivity contribution in [3.63, 3.8) is 0 Å². The Morgan fingerprint density at radius 1 is 1.16 bits per heavy atom. The standard InChI is InChI=1S/C24H32N4O3/c1-30-14-13-28-11-9-24(10-12-28)8-7-18-21(24)26-22(17-5-3-2-4-6-17)27-23(18)25-19-15-31-16-20(19)29/h2-6,19-20,29H,7-16H2,1H3,(H,25,26,27)/t19-,20+/m0/s1. The van der Waals surface area contributed by atoms with Crippen LogP contribution in [0.5, 0.6) is 0 Å². The van der Waals surface area contributed by atoms with Crippen LogP contribution >= 0.6 is 0 Å². The topological polar surface area (TPSA) is 79.7 Å². The summed E-state index contributed by atoms with van der Waals surface area (Å²) in [6.07, 6.45) is 3.82. The Morgan fingerprint density at radius 3 is 2.68 bits per heavy atom. The minimum Gasteiger partial charge on any atom is -0.388 e. The van der Waals surface area contributed by atoms with Crippen LogP contribution in [0.25, 0.3) is 11.4 Å². The summed E-state index contributed by atoms with van der Waals surface area (Å²) < 4.78 is 10.7. The lowest BCUT2D eigenvalue weighted by Crippen LogP contribution is -2.43. The van der Waals surface area contributed by atoms with Gasteiger partial charge < -0.3 is 24.8 Å². The largest absolute Gasteiger partial charge is 0.388 e. The molecule has 0 saturated carbocycles. The Bertz CT molecular complexity index is 899. The van der Waals surface area contributed by atoms with Gasteiger partial charge in [-0.2, -0.15) is 0 Å². The summed E-state index contributed by atoms with van der Waals surface area (Å²) in [7, 11) is 1.77. The third-order valence-electron chi connectivity index (χ3n) is 7.19. The van der Waals surface area contributed by atoms with Gasteiger partial charge in [-0.1, -0.05) is 30.3 Å². The van der Waals surface area contributed by atoms with E-state index in [4.69, 9.17) is 19.4 Å². The quantitative estimate of drug-likeness (QED) is 0.736. The number of aromatic nitrogens is 2. The van der Waals surface area contributed by atoms with Gasteiger partial charge in [-0.05, 0) is 38.8 Å². The van der Waals surface area contributed by atoms with Crippen LogP contribution < -0.4 is 5.32 Å². The number of ether oxygens (including phenoxy) is 2. The van der Waals surface area contributed by atoms with Crippen molar-refractivity contribution in [1.82, 2.24) is 14.9 Å². The summed E-state index contributed by atoms with van der Waals surface area (Å²) in [4.78, 5) is 12.6. The zero-order valence-corrected chi connectivity index (χ0v) is 18.2. The van der Waals surface area contributed by atoms with Crippen molar-refractivity contribution in [2.45, 2.75) is 43.2 Å². The molecule has 1 aliphatic carbocycles. The lowest BCUT2D eigenvalue weighted by Gasteiger charge is -2.39. The van der Waals surface area contributed by atoms with Crippen LogP contribution in [0, 0.1) is 0 Å². The predicted molar refractivity (Wildman–Crippen MR) is 119 cm³/mol. The van der Waals surface area contributed by atoms with Crippen molar-refractivity contribution in [2.75, 3.05) is 51.9 Å². The fraction of sp³-hybridized carbons (Fsp3) is 0.583. The van der Waals surface area contributed by atoms with Crippen molar-refractivity contribution in [1.29, 1.82) is 0 Å². The number of anilines is 1. The van der Waals surface area contributed by atoms with Gasteiger partial charge in [-0.15, -0.1) is 0 Å². The van der Waals surface area contributed by atoms with E-state index in [9.17, 15) is 5.11 Å². The van der Waals surface area contributed by atoms with Gasteiger partial charge in [0.15, 0.2) is 5.82 Å². The van der Waals surface area contributed by atoms with Crippen molar-refractivity contribution in [3.05, 3.63) is 41.6 Å². The van der Waals surface area contributed by atoms with E-state index in [0.717, 1.165) is 69.1 Å². The molecule has 3 aliphatic rings. The molecule has 0 bridgehead atoms. The number of aliphatic hydroxyl groups is 1. The Kier molecular flexibility index (Phi) is 5.93. The third kappa shape index (κ3) is 4.07. The number of rotatable bonds is 6.